The van der Waals surface area contributed by atoms with Gasteiger partial charge in [-0.3, -0.25) is 4.79 Å². The maximum absolute atomic E-state index is 13.3. The fraction of sp³-hybridized carbons (Fsp3) is 0.214. The normalized spacial score (nSPS) is 10.5. The van der Waals surface area contributed by atoms with Crippen molar-refractivity contribution in [3.05, 3.63) is 51.7 Å². The average Bonchev–Trinajstić information content (AvgIpc) is 2.88. The fourth-order valence-corrected chi connectivity index (χ4v) is 2.39. The van der Waals surface area contributed by atoms with Crippen molar-refractivity contribution in [1.29, 1.82) is 0 Å². The zero-order chi connectivity index (χ0) is 13.8. The van der Waals surface area contributed by atoms with Gasteiger partial charge >= 0.3 is 0 Å². The number of carbonyl (C=O) groups is 1. The Morgan fingerprint density at radius 2 is 2.05 bits per heavy atom. The highest BCUT2D eigenvalue weighted by atomic mass is 32.1. The van der Waals surface area contributed by atoms with Crippen LogP contribution in [0.4, 0.5) is 8.78 Å². The summed E-state index contributed by atoms with van der Waals surface area (Å²) in [6.07, 6.45) is 0.858. The summed E-state index contributed by atoms with van der Waals surface area (Å²) in [5.41, 5.74) is 0. The molecule has 0 aliphatic heterocycles. The van der Waals surface area contributed by atoms with Crippen LogP contribution in [-0.2, 0) is 6.42 Å². The van der Waals surface area contributed by atoms with E-state index in [1.54, 1.807) is 6.07 Å². The predicted molar refractivity (Wildman–Crippen MR) is 69.9 cm³/mol. The second-order valence-electron chi connectivity index (χ2n) is 3.91. The van der Waals surface area contributed by atoms with Crippen molar-refractivity contribution in [2.75, 3.05) is 6.61 Å². The number of carbonyl (C=O) groups excluding carboxylic acids is 1. The first-order valence-corrected chi connectivity index (χ1v) is 6.61. The lowest BCUT2D eigenvalue weighted by Crippen LogP contribution is -2.11. The first-order valence-electron chi connectivity index (χ1n) is 5.80. The van der Waals surface area contributed by atoms with E-state index in [0.717, 1.165) is 29.5 Å². The SMILES string of the molecule is CCc1ccc(C(=O)COc2cc(F)ccc2F)s1. The van der Waals surface area contributed by atoms with Crippen LogP contribution in [0.5, 0.6) is 5.75 Å². The van der Waals surface area contributed by atoms with Gasteiger partial charge in [-0.25, -0.2) is 8.78 Å². The molecule has 2 aromatic rings. The maximum atomic E-state index is 13.3. The van der Waals surface area contributed by atoms with E-state index in [9.17, 15) is 13.6 Å². The van der Waals surface area contributed by atoms with Crippen molar-refractivity contribution in [3.8, 4) is 5.75 Å². The van der Waals surface area contributed by atoms with E-state index in [-0.39, 0.29) is 18.1 Å². The number of hydrogen-bond donors (Lipinski definition) is 0. The van der Waals surface area contributed by atoms with Crippen molar-refractivity contribution >= 4 is 17.1 Å². The van der Waals surface area contributed by atoms with Crippen LogP contribution in [0.2, 0.25) is 0 Å². The quantitative estimate of drug-likeness (QED) is 0.779. The van der Waals surface area contributed by atoms with Gasteiger partial charge in [0.05, 0.1) is 4.88 Å². The number of aryl methyl sites for hydroxylation is 1. The van der Waals surface area contributed by atoms with Gasteiger partial charge in [0.15, 0.2) is 18.2 Å². The molecule has 0 aliphatic carbocycles. The number of Topliss-reactive ketones (excluding diaryl/α,β-unsaturated/α-hetero) is 1. The van der Waals surface area contributed by atoms with Gasteiger partial charge in [0.2, 0.25) is 5.78 Å². The minimum atomic E-state index is -0.686. The molecule has 0 bridgehead atoms. The molecule has 19 heavy (non-hydrogen) atoms. The van der Waals surface area contributed by atoms with Gasteiger partial charge in [0.1, 0.15) is 5.82 Å². The van der Waals surface area contributed by atoms with Crippen LogP contribution in [0, 0.1) is 11.6 Å². The first-order chi connectivity index (χ1) is 9.10. The summed E-state index contributed by atoms with van der Waals surface area (Å²) in [5.74, 6) is -1.78. The lowest BCUT2D eigenvalue weighted by atomic mass is 10.3. The molecule has 0 aliphatic rings. The van der Waals surface area contributed by atoms with Crippen LogP contribution in [0.1, 0.15) is 21.5 Å². The van der Waals surface area contributed by atoms with Gasteiger partial charge in [-0.05, 0) is 30.7 Å². The van der Waals surface area contributed by atoms with E-state index in [4.69, 9.17) is 4.74 Å². The largest absolute Gasteiger partial charge is 0.482 e. The van der Waals surface area contributed by atoms with Crippen LogP contribution < -0.4 is 4.74 Å². The molecule has 1 aromatic heterocycles. The Morgan fingerprint density at radius 3 is 2.74 bits per heavy atom. The smallest absolute Gasteiger partial charge is 0.210 e. The number of halogens is 2. The summed E-state index contributed by atoms with van der Waals surface area (Å²) in [7, 11) is 0. The van der Waals surface area contributed by atoms with Crippen molar-refractivity contribution < 1.29 is 18.3 Å². The molecular formula is C14H12F2O2S. The van der Waals surface area contributed by atoms with E-state index >= 15 is 0 Å². The van der Waals surface area contributed by atoms with Gasteiger partial charge < -0.3 is 4.74 Å². The molecule has 0 amide bonds. The summed E-state index contributed by atoms with van der Waals surface area (Å²) in [6, 6.07) is 6.48. The van der Waals surface area contributed by atoms with Crippen LogP contribution in [0.3, 0.4) is 0 Å². The number of ether oxygens (including phenoxy) is 1. The summed E-state index contributed by atoms with van der Waals surface area (Å²) < 4.78 is 31.2. The molecule has 0 saturated heterocycles. The molecule has 1 aromatic carbocycles. The van der Waals surface area contributed by atoms with Crippen LogP contribution in [0.15, 0.2) is 30.3 Å². The Balaban J connectivity index is 2.02. The highest BCUT2D eigenvalue weighted by Gasteiger charge is 2.12. The fourth-order valence-electron chi connectivity index (χ4n) is 1.52. The zero-order valence-electron chi connectivity index (χ0n) is 10.3. The number of benzene rings is 1. The topological polar surface area (TPSA) is 26.3 Å². The molecule has 0 saturated carbocycles. The minimum absolute atomic E-state index is 0.242. The van der Waals surface area contributed by atoms with Gasteiger partial charge in [-0.15, -0.1) is 11.3 Å². The van der Waals surface area contributed by atoms with E-state index in [1.807, 2.05) is 13.0 Å². The molecular weight excluding hydrogens is 270 g/mol. The van der Waals surface area contributed by atoms with E-state index < -0.39 is 11.6 Å². The Morgan fingerprint density at radius 1 is 1.26 bits per heavy atom. The second kappa shape index (κ2) is 5.93. The summed E-state index contributed by atoms with van der Waals surface area (Å²) in [6.45, 7) is 1.70. The Kier molecular flexibility index (Phi) is 4.27. The van der Waals surface area contributed by atoms with Crippen molar-refractivity contribution in [2.45, 2.75) is 13.3 Å². The van der Waals surface area contributed by atoms with Crippen molar-refractivity contribution in [3.63, 3.8) is 0 Å². The standard InChI is InChI=1S/C14H12F2O2S/c1-2-10-4-6-14(19-10)12(17)8-18-13-7-9(15)3-5-11(13)16/h3-7H,2,8H2,1H3. The minimum Gasteiger partial charge on any atom is -0.482 e. The van der Waals surface area contributed by atoms with Crippen LogP contribution >= 0.6 is 11.3 Å². The Labute approximate surface area is 113 Å². The van der Waals surface area contributed by atoms with Gasteiger partial charge in [0, 0.05) is 10.9 Å². The second-order valence-corrected chi connectivity index (χ2v) is 5.07. The molecule has 5 heteroatoms. The lowest BCUT2D eigenvalue weighted by molar-refractivity contribution is 0.0922. The highest BCUT2D eigenvalue weighted by molar-refractivity contribution is 7.14. The molecule has 1 heterocycles. The Hall–Kier alpha value is -1.75. The van der Waals surface area contributed by atoms with Crippen molar-refractivity contribution in [2.24, 2.45) is 0 Å². The predicted octanol–water partition coefficient (Wildman–Crippen LogP) is 3.85. The Bertz CT molecular complexity index is 593. The third kappa shape index (κ3) is 3.38. The molecule has 0 N–H and O–H groups in total. The molecule has 0 spiro atoms. The molecule has 2 rings (SSSR count). The number of thiophene rings is 1. The summed E-state index contributed by atoms with van der Waals surface area (Å²) in [4.78, 5) is 13.5. The summed E-state index contributed by atoms with van der Waals surface area (Å²) in [5, 5.41) is 0. The molecule has 100 valence electrons. The van der Waals surface area contributed by atoms with E-state index in [1.165, 1.54) is 11.3 Å². The van der Waals surface area contributed by atoms with E-state index in [2.05, 4.69) is 0 Å². The van der Waals surface area contributed by atoms with Crippen molar-refractivity contribution in [1.82, 2.24) is 0 Å². The first kappa shape index (κ1) is 13.7. The molecule has 0 atom stereocenters. The lowest BCUT2D eigenvalue weighted by Gasteiger charge is -2.05. The zero-order valence-corrected chi connectivity index (χ0v) is 11.1. The molecule has 0 radical (unpaired) electrons. The van der Waals surface area contributed by atoms with Crippen LogP contribution in [-0.4, -0.2) is 12.4 Å². The monoisotopic (exact) mass is 282 g/mol. The van der Waals surface area contributed by atoms with Gasteiger partial charge in [-0.2, -0.15) is 0 Å². The molecule has 0 unspecified atom stereocenters. The number of ketones is 1. The average molecular weight is 282 g/mol. The number of hydrogen-bond acceptors (Lipinski definition) is 3. The third-order valence-electron chi connectivity index (χ3n) is 2.54. The molecule has 2 nitrogen and oxygen atoms in total. The third-order valence-corrected chi connectivity index (χ3v) is 3.81. The maximum Gasteiger partial charge on any atom is 0.210 e. The van der Waals surface area contributed by atoms with Gasteiger partial charge in [-0.1, -0.05) is 6.92 Å². The van der Waals surface area contributed by atoms with E-state index in [0.29, 0.717) is 4.88 Å². The van der Waals surface area contributed by atoms with Crippen LogP contribution in [0.25, 0.3) is 0 Å². The van der Waals surface area contributed by atoms with Gasteiger partial charge in [0.25, 0.3) is 0 Å². The molecule has 0 fully saturated rings. The number of rotatable bonds is 5. The highest BCUT2D eigenvalue weighted by Crippen LogP contribution is 2.20. The summed E-state index contributed by atoms with van der Waals surface area (Å²) >= 11 is 1.39.